The number of rotatable bonds is 5. The zero-order valence-corrected chi connectivity index (χ0v) is 23.0. The van der Waals surface area contributed by atoms with Crippen LogP contribution in [0, 0.1) is 11.3 Å². The Kier molecular flexibility index (Phi) is 7.95. The third kappa shape index (κ3) is 5.27. The molecule has 0 saturated heterocycles. The van der Waals surface area contributed by atoms with E-state index >= 15 is 0 Å². The van der Waals surface area contributed by atoms with E-state index in [2.05, 4.69) is 11.4 Å². The maximum absolute atomic E-state index is 14.2. The summed E-state index contributed by atoms with van der Waals surface area (Å²) in [5, 5.41) is 24.1. The number of fused-ring (bicyclic) bond motifs is 1. The molecule has 0 aromatic heterocycles. The number of benzene rings is 3. The van der Waals surface area contributed by atoms with E-state index in [1.165, 1.54) is 0 Å². The Labute approximate surface area is 238 Å². The standard InChI is InChI=1S/C31H29Cl2N3O3/c1-18(20-12-10-19(17-34)11-13-20)35-30(38)28-22-6-2-3-7-23(22)31(39)36(26-8-4-5-9-27(26)37)29(28)24-15-14-21(32)16-25(24)33/h2-3,6-7,10-16,18,26-29,37H,4-5,8-9H2,1H3,(H,35,38)/t18?,26-,27-,28+,29-/m0/s1. The van der Waals surface area contributed by atoms with Gasteiger partial charge in [0.05, 0.1) is 41.8 Å². The van der Waals surface area contributed by atoms with Crippen molar-refractivity contribution in [3.63, 3.8) is 0 Å². The largest absolute Gasteiger partial charge is 0.391 e. The highest BCUT2D eigenvalue weighted by Gasteiger charge is 2.49. The topological polar surface area (TPSA) is 93.4 Å². The van der Waals surface area contributed by atoms with Crippen LogP contribution in [0.15, 0.2) is 66.7 Å². The molecule has 0 bridgehead atoms. The molecule has 2 N–H and O–H groups in total. The van der Waals surface area contributed by atoms with Crippen molar-refractivity contribution in [3.05, 3.63) is 105 Å². The summed E-state index contributed by atoms with van der Waals surface area (Å²) >= 11 is 13.0. The first-order chi connectivity index (χ1) is 18.8. The summed E-state index contributed by atoms with van der Waals surface area (Å²) in [7, 11) is 0. The summed E-state index contributed by atoms with van der Waals surface area (Å²) in [4.78, 5) is 30.0. The monoisotopic (exact) mass is 561 g/mol. The van der Waals surface area contributed by atoms with Crippen LogP contribution in [0.4, 0.5) is 0 Å². The van der Waals surface area contributed by atoms with Crippen molar-refractivity contribution in [2.24, 2.45) is 0 Å². The van der Waals surface area contributed by atoms with Crippen molar-refractivity contribution in [1.29, 1.82) is 5.26 Å². The van der Waals surface area contributed by atoms with Crippen LogP contribution in [-0.2, 0) is 4.79 Å². The van der Waals surface area contributed by atoms with E-state index in [4.69, 9.17) is 28.5 Å². The minimum absolute atomic E-state index is 0.225. The van der Waals surface area contributed by atoms with E-state index in [0.717, 1.165) is 18.4 Å². The van der Waals surface area contributed by atoms with E-state index in [1.54, 1.807) is 47.4 Å². The van der Waals surface area contributed by atoms with Crippen LogP contribution in [-0.4, -0.2) is 34.0 Å². The minimum Gasteiger partial charge on any atom is -0.391 e. The molecule has 1 heterocycles. The molecule has 3 aromatic rings. The summed E-state index contributed by atoms with van der Waals surface area (Å²) in [6.07, 6.45) is 2.27. The fourth-order valence-corrected chi connectivity index (χ4v) is 6.44. The maximum Gasteiger partial charge on any atom is 0.255 e. The van der Waals surface area contributed by atoms with Crippen molar-refractivity contribution in [3.8, 4) is 6.07 Å². The first-order valence-corrected chi connectivity index (χ1v) is 13.9. The fourth-order valence-electron chi connectivity index (χ4n) is 5.92. The second-order valence-electron chi connectivity index (χ2n) is 10.3. The average molecular weight is 562 g/mol. The van der Waals surface area contributed by atoms with Gasteiger partial charge in [0.25, 0.3) is 5.91 Å². The third-order valence-electron chi connectivity index (χ3n) is 7.89. The molecule has 2 amide bonds. The zero-order chi connectivity index (χ0) is 27.7. The smallest absolute Gasteiger partial charge is 0.255 e. The number of amides is 2. The van der Waals surface area contributed by atoms with Gasteiger partial charge in [0.1, 0.15) is 0 Å². The van der Waals surface area contributed by atoms with Gasteiger partial charge in [-0.3, -0.25) is 9.59 Å². The van der Waals surface area contributed by atoms with Crippen molar-refractivity contribution in [2.45, 2.75) is 62.8 Å². The lowest BCUT2D eigenvalue weighted by Gasteiger charge is -2.48. The third-order valence-corrected chi connectivity index (χ3v) is 8.45. The summed E-state index contributed by atoms with van der Waals surface area (Å²) in [6, 6.07) is 19.9. The molecule has 5 atom stereocenters. The predicted octanol–water partition coefficient (Wildman–Crippen LogP) is 6.33. The van der Waals surface area contributed by atoms with E-state index in [9.17, 15) is 14.7 Å². The van der Waals surface area contributed by atoms with Gasteiger partial charge in [-0.15, -0.1) is 0 Å². The normalized spacial score (nSPS) is 23.5. The van der Waals surface area contributed by atoms with E-state index in [1.807, 2.05) is 31.2 Å². The van der Waals surface area contributed by atoms with Gasteiger partial charge in [-0.2, -0.15) is 5.26 Å². The van der Waals surface area contributed by atoms with Gasteiger partial charge < -0.3 is 15.3 Å². The minimum atomic E-state index is -0.785. The van der Waals surface area contributed by atoms with Crippen molar-refractivity contribution >= 4 is 35.0 Å². The van der Waals surface area contributed by atoms with Gasteiger partial charge >= 0.3 is 0 Å². The number of aliphatic hydroxyl groups is 1. The van der Waals surface area contributed by atoms with E-state index in [0.29, 0.717) is 45.1 Å². The molecule has 1 unspecified atom stereocenters. The summed E-state index contributed by atoms with van der Waals surface area (Å²) in [5.41, 5.74) is 3.06. The number of halogens is 2. The molecule has 39 heavy (non-hydrogen) atoms. The molecule has 0 radical (unpaired) electrons. The molecular formula is C31H29Cl2N3O3. The van der Waals surface area contributed by atoms with Gasteiger partial charge in [0.15, 0.2) is 0 Å². The van der Waals surface area contributed by atoms with Crippen LogP contribution in [0.3, 0.4) is 0 Å². The number of nitrogens with zero attached hydrogens (tertiary/aromatic N) is 2. The van der Waals surface area contributed by atoms with Crippen LogP contribution < -0.4 is 5.32 Å². The molecule has 3 aromatic carbocycles. The lowest BCUT2D eigenvalue weighted by molar-refractivity contribution is -0.125. The van der Waals surface area contributed by atoms with Gasteiger partial charge in [0.2, 0.25) is 5.91 Å². The molecular weight excluding hydrogens is 533 g/mol. The van der Waals surface area contributed by atoms with E-state index in [-0.39, 0.29) is 17.9 Å². The van der Waals surface area contributed by atoms with Crippen molar-refractivity contribution in [1.82, 2.24) is 10.2 Å². The number of hydrogen-bond acceptors (Lipinski definition) is 4. The second kappa shape index (κ2) is 11.4. The molecule has 8 heteroatoms. The van der Waals surface area contributed by atoms with Crippen LogP contribution in [0.2, 0.25) is 10.0 Å². The lowest BCUT2D eigenvalue weighted by atomic mass is 9.76. The highest BCUT2D eigenvalue weighted by molar-refractivity contribution is 6.35. The Hall–Kier alpha value is -3.37. The van der Waals surface area contributed by atoms with Crippen molar-refractivity contribution < 1.29 is 14.7 Å². The van der Waals surface area contributed by atoms with E-state index < -0.39 is 24.1 Å². The van der Waals surface area contributed by atoms with Crippen LogP contribution in [0.25, 0.3) is 0 Å². The molecule has 0 spiro atoms. The summed E-state index contributed by atoms with van der Waals surface area (Å²) in [6.45, 7) is 1.88. The first-order valence-electron chi connectivity index (χ1n) is 13.1. The molecule has 1 aliphatic heterocycles. The zero-order valence-electron chi connectivity index (χ0n) is 21.5. The van der Waals surface area contributed by atoms with Crippen LogP contribution in [0.5, 0.6) is 0 Å². The number of hydrogen-bond donors (Lipinski definition) is 2. The average Bonchev–Trinajstić information content (AvgIpc) is 2.93. The molecule has 2 aliphatic rings. The van der Waals surface area contributed by atoms with Crippen LogP contribution >= 0.6 is 23.2 Å². The summed E-state index contributed by atoms with van der Waals surface area (Å²) < 4.78 is 0. The molecule has 200 valence electrons. The SMILES string of the molecule is CC(NC(=O)[C@@H]1c2ccccc2C(=O)N([C@H]2CCCC[C@@H]2O)[C@H]1c1ccc(Cl)cc1Cl)c1ccc(C#N)cc1. The Bertz CT molecular complexity index is 1440. The molecule has 5 rings (SSSR count). The Balaban J connectivity index is 1.62. The Morgan fingerprint density at radius 3 is 2.46 bits per heavy atom. The highest BCUT2D eigenvalue weighted by atomic mass is 35.5. The van der Waals surface area contributed by atoms with Gasteiger partial charge in [-0.1, -0.05) is 72.4 Å². The Morgan fingerprint density at radius 1 is 1.05 bits per heavy atom. The van der Waals surface area contributed by atoms with Gasteiger partial charge in [-0.05, 0) is 66.8 Å². The fraction of sp³-hybridized carbons (Fsp3) is 0.323. The number of nitrogens with one attached hydrogen (secondary N) is 1. The first kappa shape index (κ1) is 27.2. The molecule has 6 nitrogen and oxygen atoms in total. The van der Waals surface area contributed by atoms with Gasteiger partial charge in [0, 0.05) is 15.6 Å². The maximum atomic E-state index is 14.2. The molecule has 1 saturated carbocycles. The predicted molar refractivity (Wildman–Crippen MR) is 151 cm³/mol. The second-order valence-corrected chi connectivity index (χ2v) is 11.1. The van der Waals surface area contributed by atoms with Crippen LogP contribution in [0.1, 0.15) is 83.2 Å². The number of carbonyl (C=O) groups excluding carboxylic acids is 2. The van der Waals surface area contributed by atoms with Crippen molar-refractivity contribution in [2.75, 3.05) is 0 Å². The molecule has 1 aliphatic carbocycles. The Morgan fingerprint density at radius 2 is 1.77 bits per heavy atom. The highest BCUT2D eigenvalue weighted by Crippen LogP contribution is 2.48. The summed E-state index contributed by atoms with van der Waals surface area (Å²) in [5.74, 6) is -1.28. The number of aliphatic hydroxyl groups excluding tert-OH is 1. The number of carbonyl (C=O) groups is 2. The quantitative estimate of drug-likeness (QED) is 0.380. The number of nitriles is 1. The molecule has 1 fully saturated rings. The lowest BCUT2D eigenvalue weighted by Crippen LogP contribution is -2.55. The van der Waals surface area contributed by atoms with Gasteiger partial charge in [-0.25, -0.2) is 0 Å².